The van der Waals surface area contributed by atoms with Crippen LogP contribution in [0.1, 0.15) is 37.8 Å². The van der Waals surface area contributed by atoms with Gasteiger partial charge in [-0.05, 0) is 31.2 Å². The van der Waals surface area contributed by atoms with E-state index >= 15 is 0 Å². The fourth-order valence-electron chi connectivity index (χ4n) is 2.83. The van der Waals surface area contributed by atoms with Crippen LogP contribution in [0.2, 0.25) is 0 Å². The van der Waals surface area contributed by atoms with Crippen molar-refractivity contribution in [2.45, 2.75) is 40.2 Å². The predicted molar refractivity (Wildman–Crippen MR) is 87.2 cm³/mol. The summed E-state index contributed by atoms with van der Waals surface area (Å²) in [5.74, 6) is 0.704. The molecule has 2 amide bonds. The molecule has 0 unspecified atom stereocenters. The lowest BCUT2D eigenvalue weighted by Crippen LogP contribution is -2.44. The molecule has 0 radical (unpaired) electrons. The minimum atomic E-state index is -0.0553. The lowest BCUT2D eigenvalue weighted by molar-refractivity contribution is -0.140. The lowest BCUT2D eigenvalue weighted by Gasteiger charge is -2.32. The van der Waals surface area contributed by atoms with Crippen molar-refractivity contribution in [1.29, 1.82) is 0 Å². The van der Waals surface area contributed by atoms with E-state index in [1.54, 1.807) is 4.90 Å². The number of amides is 2. The molecule has 0 aliphatic carbocycles. The van der Waals surface area contributed by atoms with Crippen LogP contribution >= 0.6 is 0 Å². The second kappa shape index (κ2) is 7.43. The summed E-state index contributed by atoms with van der Waals surface area (Å²) in [7, 11) is 0. The highest BCUT2D eigenvalue weighted by Crippen LogP contribution is 2.16. The molecular weight excluding hydrogens is 276 g/mol. The van der Waals surface area contributed by atoms with Crippen molar-refractivity contribution in [3.63, 3.8) is 0 Å². The van der Waals surface area contributed by atoms with Crippen molar-refractivity contribution >= 4 is 11.8 Å². The Morgan fingerprint density at radius 1 is 1.27 bits per heavy atom. The zero-order chi connectivity index (χ0) is 16.1. The van der Waals surface area contributed by atoms with E-state index in [4.69, 9.17) is 0 Å². The van der Waals surface area contributed by atoms with Crippen molar-refractivity contribution < 1.29 is 9.59 Å². The summed E-state index contributed by atoms with van der Waals surface area (Å²) in [5.41, 5.74) is 2.23. The van der Waals surface area contributed by atoms with E-state index < -0.39 is 0 Å². The number of benzene rings is 1. The van der Waals surface area contributed by atoms with Gasteiger partial charge in [0.05, 0.1) is 0 Å². The number of piperidine rings is 1. The highest BCUT2D eigenvalue weighted by molar-refractivity contribution is 5.83. The molecular formula is C18H26N2O2. The van der Waals surface area contributed by atoms with Crippen LogP contribution in [-0.2, 0) is 16.1 Å². The zero-order valence-corrected chi connectivity index (χ0v) is 13.8. The molecule has 22 heavy (non-hydrogen) atoms. The van der Waals surface area contributed by atoms with Crippen LogP contribution in [0.3, 0.4) is 0 Å². The minimum absolute atomic E-state index is 0.0553. The molecule has 1 aromatic rings. The molecule has 0 spiro atoms. The summed E-state index contributed by atoms with van der Waals surface area (Å²) in [6.45, 7) is 8.08. The first-order valence-corrected chi connectivity index (χ1v) is 8.04. The van der Waals surface area contributed by atoms with Crippen molar-refractivity contribution in [3.8, 4) is 0 Å². The minimum Gasteiger partial charge on any atom is -0.341 e. The molecule has 0 atom stereocenters. The van der Waals surface area contributed by atoms with Crippen LogP contribution in [0.25, 0.3) is 0 Å². The van der Waals surface area contributed by atoms with Gasteiger partial charge in [0.15, 0.2) is 0 Å². The third-order valence-electron chi connectivity index (χ3n) is 4.36. The number of nitrogens with zero attached hydrogens (tertiary/aromatic N) is 2. The van der Waals surface area contributed by atoms with Gasteiger partial charge in [-0.3, -0.25) is 9.59 Å². The molecule has 1 saturated heterocycles. The first-order valence-electron chi connectivity index (χ1n) is 8.04. The molecule has 1 aliphatic rings. The summed E-state index contributed by atoms with van der Waals surface area (Å²) in [6, 6.07) is 8.07. The van der Waals surface area contributed by atoms with Crippen LogP contribution in [0.15, 0.2) is 24.3 Å². The van der Waals surface area contributed by atoms with Crippen LogP contribution in [0, 0.1) is 12.8 Å². The van der Waals surface area contributed by atoms with Gasteiger partial charge in [-0.15, -0.1) is 0 Å². The number of rotatable bonds is 4. The first-order chi connectivity index (χ1) is 10.5. The largest absolute Gasteiger partial charge is 0.341 e. The maximum atomic E-state index is 12.4. The van der Waals surface area contributed by atoms with Gasteiger partial charge in [-0.25, -0.2) is 0 Å². The average Bonchev–Trinajstić information content (AvgIpc) is 2.47. The Labute approximate surface area is 133 Å². The second-order valence-electron chi connectivity index (χ2n) is 6.43. The molecule has 1 fully saturated rings. The standard InChI is InChI=1S/C18H26N2O2/c1-14-7-9-19(10-8-14)18(22)13-20(16(3)21)12-17-6-4-5-15(2)11-17/h4-6,11,14H,7-10,12-13H2,1-3H3. The van der Waals surface area contributed by atoms with Gasteiger partial charge >= 0.3 is 0 Å². The van der Waals surface area contributed by atoms with E-state index in [-0.39, 0.29) is 18.4 Å². The van der Waals surface area contributed by atoms with Gasteiger partial charge in [-0.2, -0.15) is 0 Å². The van der Waals surface area contributed by atoms with Crippen LogP contribution in [-0.4, -0.2) is 41.2 Å². The summed E-state index contributed by atoms with van der Waals surface area (Å²) in [4.78, 5) is 27.8. The third-order valence-corrected chi connectivity index (χ3v) is 4.36. The number of carbonyl (C=O) groups excluding carboxylic acids is 2. The highest BCUT2D eigenvalue weighted by Gasteiger charge is 2.23. The number of hydrogen-bond donors (Lipinski definition) is 0. The maximum absolute atomic E-state index is 12.4. The Morgan fingerprint density at radius 3 is 2.55 bits per heavy atom. The normalized spacial score (nSPS) is 15.7. The lowest BCUT2D eigenvalue weighted by atomic mass is 9.99. The molecule has 0 bridgehead atoms. The Bertz CT molecular complexity index is 534. The molecule has 1 aromatic carbocycles. The SMILES string of the molecule is CC(=O)N(CC(=O)N1CCC(C)CC1)Cc1cccc(C)c1. The highest BCUT2D eigenvalue weighted by atomic mass is 16.2. The fraction of sp³-hybridized carbons (Fsp3) is 0.556. The van der Waals surface area contributed by atoms with E-state index in [1.807, 2.05) is 30.0 Å². The Hall–Kier alpha value is -1.84. The predicted octanol–water partition coefficient (Wildman–Crippen LogP) is 2.60. The topological polar surface area (TPSA) is 40.6 Å². The molecule has 0 saturated carbocycles. The Balaban J connectivity index is 1.96. The molecule has 1 aliphatic heterocycles. The maximum Gasteiger partial charge on any atom is 0.242 e. The summed E-state index contributed by atoms with van der Waals surface area (Å²) < 4.78 is 0. The van der Waals surface area contributed by atoms with Crippen molar-refractivity contribution in [2.75, 3.05) is 19.6 Å². The summed E-state index contributed by atoms with van der Waals surface area (Å²) in [5, 5.41) is 0. The molecule has 0 N–H and O–H groups in total. The smallest absolute Gasteiger partial charge is 0.242 e. The summed E-state index contributed by atoms with van der Waals surface area (Å²) in [6.07, 6.45) is 2.12. The second-order valence-corrected chi connectivity index (χ2v) is 6.43. The monoisotopic (exact) mass is 302 g/mol. The van der Waals surface area contributed by atoms with E-state index in [0.717, 1.165) is 37.1 Å². The molecule has 120 valence electrons. The first kappa shape index (κ1) is 16.5. The van der Waals surface area contributed by atoms with E-state index in [1.165, 1.54) is 6.92 Å². The van der Waals surface area contributed by atoms with Gasteiger partial charge in [0.25, 0.3) is 0 Å². The molecule has 0 aromatic heterocycles. The third kappa shape index (κ3) is 4.58. The van der Waals surface area contributed by atoms with E-state index in [0.29, 0.717) is 12.5 Å². The quantitative estimate of drug-likeness (QED) is 0.858. The number of hydrogen-bond acceptors (Lipinski definition) is 2. The van der Waals surface area contributed by atoms with Gasteiger partial charge < -0.3 is 9.80 Å². The fourth-order valence-corrected chi connectivity index (χ4v) is 2.83. The molecule has 2 rings (SSSR count). The van der Waals surface area contributed by atoms with Gasteiger partial charge in [-0.1, -0.05) is 36.8 Å². The molecule has 1 heterocycles. The van der Waals surface area contributed by atoms with Crippen molar-refractivity contribution in [2.24, 2.45) is 5.92 Å². The van der Waals surface area contributed by atoms with Crippen LogP contribution in [0.4, 0.5) is 0 Å². The Morgan fingerprint density at radius 2 is 1.95 bits per heavy atom. The van der Waals surface area contributed by atoms with Crippen molar-refractivity contribution in [3.05, 3.63) is 35.4 Å². The van der Waals surface area contributed by atoms with Gasteiger partial charge in [0.1, 0.15) is 6.54 Å². The van der Waals surface area contributed by atoms with Crippen molar-refractivity contribution in [1.82, 2.24) is 9.80 Å². The van der Waals surface area contributed by atoms with Crippen LogP contribution < -0.4 is 0 Å². The molecule has 4 heteroatoms. The molecule has 4 nitrogen and oxygen atoms in total. The number of carbonyl (C=O) groups is 2. The van der Waals surface area contributed by atoms with E-state index in [2.05, 4.69) is 13.0 Å². The van der Waals surface area contributed by atoms with Gasteiger partial charge in [0.2, 0.25) is 11.8 Å². The summed E-state index contributed by atoms with van der Waals surface area (Å²) >= 11 is 0. The number of aryl methyl sites for hydroxylation is 1. The van der Waals surface area contributed by atoms with E-state index in [9.17, 15) is 9.59 Å². The Kier molecular flexibility index (Phi) is 5.58. The van der Waals surface area contributed by atoms with Gasteiger partial charge in [0, 0.05) is 26.6 Å². The van der Waals surface area contributed by atoms with Crippen LogP contribution in [0.5, 0.6) is 0 Å². The average molecular weight is 302 g/mol. The number of likely N-dealkylation sites (tertiary alicyclic amines) is 1. The zero-order valence-electron chi connectivity index (χ0n) is 13.8.